The molecule has 0 bridgehead atoms. The molecule has 1 saturated carbocycles. The van der Waals surface area contributed by atoms with E-state index in [4.69, 9.17) is 0 Å². The van der Waals surface area contributed by atoms with E-state index in [9.17, 15) is 9.59 Å². The van der Waals surface area contributed by atoms with Crippen LogP contribution < -0.4 is 10.7 Å². The van der Waals surface area contributed by atoms with Gasteiger partial charge in [0, 0.05) is 29.7 Å². The number of hydrogen-bond donors (Lipinski definition) is 1. The van der Waals surface area contributed by atoms with Crippen molar-refractivity contribution in [3.05, 3.63) is 63.1 Å². The average Bonchev–Trinajstić information content (AvgIpc) is 2.73. The molecule has 1 aliphatic rings. The van der Waals surface area contributed by atoms with Crippen LogP contribution in [0.3, 0.4) is 0 Å². The minimum Gasteiger partial charge on any atom is -0.348 e. The summed E-state index contributed by atoms with van der Waals surface area (Å²) < 4.78 is 2.28. The maximum atomic E-state index is 13.3. The van der Waals surface area contributed by atoms with Gasteiger partial charge >= 0.3 is 0 Å². The van der Waals surface area contributed by atoms with Crippen LogP contribution in [0.4, 0.5) is 5.69 Å². The highest BCUT2D eigenvalue weighted by atomic mass is 16.2. The highest BCUT2D eigenvalue weighted by molar-refractivity contribution is 6.05. The molecule has 0 atom stereocenters. The van der Waals surface area contributed by atoms with Gasteiger partial charge in [-0.2, -0.15) is 0 Å². The molecule has 1 amide bonds. The van der Waals surface area contributed by atoms with Gasteiger partial charge < -0.3 is 9.88 Å². The van der Waals surface area contributed by atoms with Crippen LogP contribution in [0.2, 0.25) is 0 Å². The quantitative estimate of drug-likeness (QED) is 0.542. The molecule has 1 aromatic heterocycles. The van der Waals surface area contributed by atoms with Crippen molar-refractivity contribution in [1.82, 2.24) is 4.57 Å². The molecule has 1 fully saturated rings. The molecule has 1 aliphatic carbocycles. The van der Waals surface area contributed by atoms with Crippen molar-refractivity contribution < 1.29 is 4.79 Å². The number of benzene rings is 1. The summed E-state index contributed by atoms with van der Waals surface area (Å²) in [5.74, 6) is 0.357. The summed E-state index contributed by atoms with van der Waals surface area (Å²) in [6, 6.07) is 9.36. The normalized spacial score (nSPS) is 14.6. The van der Waals surface area contributed by atoms with Gasteiger partial charge in [0.25, 0.3) is 5.91 Å². The lowest BCUT2D eigenvalue weighted by molar-refractivity contribution is 0.102. The first kappa shape index (κ1) is 22.3. The van der Waals surface area contributed by atoms with Crippen LogP contribution >= 0.6 is 0 Å². The molecule has 4 heteroatoms. The highest BCUT2D eigenvalue weighted by Crippen LogP contribution is 2.27. The molecule has 1 N–H and O–H groups in total. The molecule has 30 heavy (non-hydrogen) atoms. The molecule has 162 valence electrons. The van der Waals surface area contributed by atoms with Crippen LogP contribution in [-0.4, -0.2) is 10.5 Å². The van der Waals surface area contributed by atoms with Gasteiger partial charge in [-0.15, -0.1) is 0 Å². The Morgan fingerprint density at radius 3 is 2.53 bits per heavy atom. The fourth-order valence-corrected chi connectivity index (χ4v) is 4.66. The first-order valence-corrected chi connectivity index (χ1v) is 11.6. The zero-order valence-electron chi connectivity index (χ0n) is 18.8. The van der Waals surface area contributed by atoms with Crippen LogP contribution in [0.5, 0.6) is 0 Å². The summed E-state index contributed by atoms with van der Waals surface area (Å²) in [6.07, 6.45) is 10.4. The zero-order valence-corrected chi connectivity index (χ0v) is 18.8. The van der Waals surface area contributed by atoms with Crippen LogP contribution in [0.25, 0.3) is 0 Å². The van der Waals surface area contributed by atoms with E-state index in [0.29, 0.717) is 11.5 Å². The Morgan fingerprint density at radius 2 is 1.83 bits per heavy atom. The number of pyridine rings is 1. The molecule has 0 unspecified atom stereocenters. The van der Waals surface area contributed by atoms with Gasteiger partial charge in [0.1, 0.15) is 5.56 Å². The molecule has 2 aromatic rings. The van der Waals surface area contributed by atoms with Crippen LogP contribution in [0.1, 0.15) is 85.6 Å². The van der Waals surface area contributed by atoms with Gasteiger partial charge in [-0.25, -0.2) is 0 Å². The second kappa shape index (κ2) is 10.6. The zero-order chi connectivity index (χ0) is 21.5. The second-order valence-electron chi connectivity index (χ2n) is 8.81. The molecule has 3 rings (SSSR count). The summed E-state index contributed by atoms with van der Waals surface area (Å²) >= 11 is 0. The number of nitrogens with one attached hydrogen (secondary N) is 1. The van der Waals surface area contributed by atoms with E-state index in [1.54, 1.807) is 6.07 Å². The van der Waals surface area contributed by atoms with Crippen molar-refractivity contribution in [1.29, 1.82) is 0 Å². The maximum absolute atomic E-state index is 13.3. The van der Waals surface area contributed by atoms with Crippen molar-refractivity contribution in [2.45, 2.75) is 85.1 Å². The van der Waals surface area contributed by atoms with Crippen LogP contribution in [0.15, 0.2) is 35.1 Å². The van der Waals surface area contributed by atoms with Crippen molar-refractivity contribution in [3.63, 3.8) is 0 Å². The number of carbonyl (C=O) groups is 1. The van der Waals surface area contributed by atoms with E-state index in [1.165, 1.54) is 32.1 Å². The Hall–Kier alpha value is -2.36. The molecule has 0 spiro atoms. The first-order valence-electron chi connectivity index (χ1n) is 11.6. The number of carbonyl (C=O) groups excluding carboxylic acids is 1. The lowest BCUT2D eigenvalue weighted by Gasteiger charge is -2.27. The molecule has 0 radical (unpaired) electrons. The number of para-hydroxylation sites is 1. The predicted octanol–water partition coefficient (Wildman–Crippen LogP) is 6.03. The van der Waals surface area contributed by atoms with Crippen molar-refractivity contribution >= 4 is 11.6 Å². The van der Waals surface area contributed by atoms with E-state index < -0.39 is 0 Å². The number of nitrogens with zero attached hydrogens (tertiary/aromatic N) is 1. The van der Waals surface area contributed by atoms with Crippen molar-refractivity contribution in [2.24, 2.45) is 5.92 Å². The molecule has 1 heterocycles. The van der Waals surface area contributed by atoms with E-state index >= 15 is 0 Å². The number of amides is 1. The largest absolute Gasteiger partial charge is 0.348 e. The van der Waals surface area contributed by atoms with Gasteiger partial charge in [-0.1, -0.05) is 57.2 Å². The van der Waals surface area contributed by atoms with E-state index in [-0.39, 0.29) is 11.3 Å². The number of anilines is 1. The first-order chi connectivity index (χ1) is 14.5. The Bertz CT molecular complexity index is 923. The molecule has 1 aromatic carbocycles. The van der Waals surface area contributed by atoms with Gasteiger partial charge in [0.2, 0.25) is 0 Å². The number of unbranched alkanes of at least 4 members (excludes halogenated alkanes) is 2. The third kappa shape index (κ3) is 5.41. The van der Waals surface area contributed by atoms with Crippen molar-refractivity contribution in [2.75, 3.05) is 5.32 Å². The minimum absolute atomic E-state index is 0.162. The fourth-order valence-electron chi connectivity index (χ4n) is 4.66. The summed E-state index contributed by atoms with van der Waals surface area (Å²) in [6.45, 7) is 7.07. The Kier molecular flexibility index (Phi) is 7.89. The van der Waals surface area contributed by atoms with Crippen LogP contribution in [0, 0.1) is 19.8 Å². The fraction of sp³-hybridized carbons (Fsp3) is 0.538. The third-order valence-electron chi connectivity index (χ3n) is 6.43. The lowest BCUT2D eigenvalue weighted by Crippen LogP contribution is -2.30. The molecular weight excluding hydrogens is 372 g/mol. The average molecular weight is 409 g/mol. The maximum Gasteiger partial charge on any atom is 0.261 e. The number of hydrogen-bond acceptors (Lipinski definition) is 2. The Balaban J connectivity index is 1.98. The molecule has 0 aliphatic heterocycles. The summed E-state index contributed by atoms with van der Waals surface area (Å²) in [5.41, 5.74) is 3.82. The van der Waals surface area contributed by atoms with E-state index in [0.717, 1.165) is 54.9 Å². The summed E-state index contributed by atoms with van der Waals surface area (Å²) in [7, 11) is 0. The molecular formula is C26H36N2O2. The monoisotopic (exact) mass is 408 g/mol. The Morgan fingerprint density at radius 1 is 1.10 bits per heavy atom. The number of aromatic nitrogens is 1. The predicted molar refractivity (Wildman–Crippen MR) is 124 cm³/mol. The molecule has 4 nitrogen and oxygen atoms in total. The van der Waals surface area contributed by atoms with Crippen LogP contribution in [-0.2, 0) is 13.0 Å². The third-order valence-corrected chi connectivity index (χ3v) is 6.43. The summed E-state index contributed by atoms with van der Waals surface area (Å²) in [4.78, 5) is 26.3. The standard InChI is InChI=1S/C26H36N2O2/c1-4-5-7-16-23-25(26(30)27-22-15-11-10-12-19(22)2)24(29)17-20(3)28(23)18-21-13-8-6-9-14-21/h10-12,15,17,21H,4-9,13-14,16,18H2,1-3H3,(H,27,30). The summed E-state index contributed by atoms with van der Waals surface area (Å²) in [5, 5.41) is 3.00. The van der Waals surface area contributed by atoms with Gasteiger partial charge in [-0.05, 0) is 57.1 Å². The van der Waals surface area contributed by atoms with E-state index in [1.807, 2.05) is 38.1 Å². The van der Waals surface area contributed by atoms with Crippen molar-refractivity contribution in [3.8, 4) is 0 Å². The van der Waals surface area contributed by atoms with E-state index in [2.05, 4.69) is 16.8 Å². The molecule has 0 saturated heterocycles. The Labute approximate surface area is 180 Å². The van der Waals surface area contributed by atoms with Gasteiger partial charge in [-0.3, -0.25) is 9.59 Å². The minimum atomic E-state index is -0.279. The number of rotatable bonds is 8. The lowest BCUT2D eigenvalue weighted by atomic mass is 9.89. The SMILES string of the molecule is CCCCCc1c(C(=O)Nc2ccccc2C)c(=O)cc(C)n1CC1CCCCC1. The number of aryl methyl sites for hydroxylation is 2. The second-order valence-corrected chi connectivity index (χ2v) is 8.81. The van der Waals surface area contributed by atoms with Gasteiger partial charge in [0.15, 0.2) is 5.43 Å². The topological polar surface area (TPSA) is 51.1 Å². The smallest absolute Gasteiger partial charge is 0.261 e. The van der Waals surface area contributed by atoms with Gasteiger partial charge in [0.05, 0.1) is 0 Å². The highest BCUT2D eigenvalue weighted by Gasteiger charge is 2.23.